The van der Waals surface area contributed by atoms with Gasteiger partial charge in [-0.1, -0.05) is 0 Å². The van der Waals surface area contributed by atoms with Crippen LogP contribution < -0.4 is 0 Å². The fourth-order valence-electron chi connectivity index (χ4n) is 4.29. The molecule has 3 heteroatoms. The van der Waals surface area contributed by atoms with E-state index in [1.54, 1.807) is 0 Å². The standard InChI is InChI=1S/C10H15NO2/c12-11-3-7-1-8(4-11)10(6-13-10)9(2-7)5-11/h7-9H,1-6H2/t7?,8-,9+,10?,11?. The number of ether oxygens (including phenoxy) is 1. The first-order valence-corrected chi connectivity index (χ1v) is 5.41. The van der Waals surface area contributed by atoms with Crippen LogP contribution in [0.3, 0.4) is 0 Å². The maximum absolute atomic E-state index is 12.2. The van der Waals surface area contributed by atoms with Crippen molar-refractivity contribution < 1.29 is 9.38 Å². The van der Waals surface area contributed by atoms with E-state index in [1.165, 1.54) is 12.8 Å². The minimum atomic E-state index is 0.116. The fraction of sp³-hybridized carbons (Fsp3) is 1.00. The van der Waals surface area contributed by atoms with Crippen molar-refractivity contribution in [1.82, 2.24) is 0 Å². The monoisotopic (exact) mass is 181 g/mol. The van der Waals surface area contributed by atoms with Crippen LogP contribution in [0.15, 0.2) is 0 Å². The van der Waals surface area contributed by atoms with Crippen LogP contribution in [0.5, 0.6) is 0 Å². The zero-order chi connectivity index (χ0) is 8.68. The normalized spacial score (nSPS) is 67.6. The molecule has 3 unspecified atom stereocenters. The summed E-state index contributed by atoms with van der Waals surface area (Å²) in [5.74, 6) is 1.94. The highest BCUT2D eigenvalue weighted by atomic mass is 16.6. The third-order valence-corrected chi connectivity index (χ3v) is 4.79. The van der Waals surface area contributed by atoms with Gasteiger partial charge in [0.2, 0.25) is 0 Å². The summed E-state index contributed by atoms with van der Waals surface area (Å²) in [6.07, 6.45) is 2.55. The van der Waals surface area contributed by atoms with Crippen molar-refractivity contribution in [3.63, 3.8) is 0 Å². The van der Waals surface area contributed by atoms with E-state index >= 15 is 0 Å². The van der Waals surface area contributed by atoms with E-state index in [0.29, 0.717) is 11.8 Å². The molecule has 3 nitrogen and oxygen atoms in total. The molecular formula is C10H15NO2. The third kappa shape index (κ3) is 0.729. The second-order valence-corrected chi connectivity index (χ2v) is 5.58. The Hall–Kier alpha value is -0.120. The lowest BCUT2D eigenvalue weighted by Crippen LogP contribution is -2.68. The molecule has 5 rings (SSSR count). The number of nitrogens with zero attached hydrogens (tertiary/aromatic N) is 1. The van der Waals surface area contributed by atoms with E-state index in [-0.39, 0.29) is 10.2 Å². The number of hydrogen-bond donors (Lipinski definition) is 0. The Morgan fingerprint density at radius 1 is 1.15 bits per heavy atom. The van der Waals surface area contributed by atoms with Crippen LogP contribution in [-0.2, 0) is 4.74 Å². The first kappa shape index (κ1) is 7.21. The Morgan fingerprint density at radius 2 is 1.77 bits per heavy atom. The van der Waals surface area contributed by atoms with Gasteiger partial charge >= 0.3 is 0 Å². The van der Waals surface area contributed by atoms with Crippen LogP contribution in [0.4, 0.5) is 0 Å². The molecule has 4 saturated heterocycles. The van der Waals surface area contributed by atoms with Crippen LogP contribution in [0.2, 0.25) is 0 Å². The quantitative estimate of drug-likeness (QED) is 0.314. The van der Waals surface area contributed by atoms with Crippen molar-refractivity contribution in [2.75, 3.05) is 26.2 Å². The number of hydroxylamine groups is 3. The van der Waals surface area contributed by atoms with Gasteiger partial charge in [0.05, 0.1) is 26.2 Å². The fourth-order valence-corrected chi connectivity index (χ4v) is 4.29. The smallest absolute Gasteiger partial charge is 0.108 e. The Kier molecular flexibility index (Phi) is 1.00. The minimum absolute atomic E-state index is 0.116. The number of piperidine rings is 3. The predicted molar refractivity (Wildman–Crippen MR) is 46.6 cm³/mol. The van der Waals surface area contributed by atoms with Gasteiger partial charge in [-0.2, -0.15) is 0 Å². The zero-order valence-corrected chi connectivity index (χ0v) is 7.74. The molecule has 0 aromatic rings. The van der Waals surface area contributed by atoms with E-state index < -0.39 is 0 Å². The molecule has 0 radical (unpaired) electrons. The molecule has 0 N–H and O–H groups in total. The van der Waals surface area contributed by atoms with E-state index in [1.807, 2.05) is 0 Å². The lowest BCUT2D eigenvalue weighted by atomic mass is 9.61. The van der Waals surface area contributed by atoms with Gasteiger partial charge in [0.15, 0.2) is 0 Å². The van der Waals surface area contributed by atoms with Gasteiger partial charge in [-0.15, -0.1) is 0 Å². The Morgan fingerprint density at radius 3 is 2.23 bits per heavy atom. The molecule has 0 aromatic carbocycles. The first-order chi connectivity index (χ1) is 6.20. The van der Waals surface area contributed by atoms with E-state index in [0.717, 1.165) is 32.2 Å². The van der Waals surface area contributed by atoms with Crippen molar-refractivity contribution >= 4 is 0 Å². The number of quaternary nitrogens is 1. The average molecular weight is 181 g/mol. The Labute approximate surface area is 77.8 Å². The highest BCUT2D eigenvalue weighted by Crippen LogP contribution is 2.58. The second kappa shape index (κ2) is 1.81. The Bertz CT molecular complexity index is 256. The summed E-state index contributed by atoms with van der Waals surface area (Å²) in [6.45, 7) is 3.57. The lowest BCUT2D eigenvalue weighted by Gasteiger charge is -2.62. The Balaban J connectivity index is 1.79. The molecule has 5 fully saturated rings. The average Bonchev–Trinajstić information content (AvgIpc) is 2.77. The van der Waals surface area contributed by atoms with E-state index in [9.17, 15) is 5.21 Å². The predicted octanol–water partition coefficient (Wildman–Crippen LogP) is 0.740. The molecular weight excluding hydrogens is 166 g/mol. The van der Waals surface area contributed by atoms with Crippen molar-refractivity contribution in [3.05, 3.63) is 5.21 Å². The molecule has 5 aliphatic rings. The molecule has 1 saturated carbocycles. The summed E-state index contributed by atoms with van der Waals surface area (Å²) in [7, 11) is 0. The molecule has 72 valence electrons. The van der Waals surface area contributed by atoms with Crippen LogP contribution in [0.1, 0.15) is 12.8 Å². The molecule has 0 amide bonds. The molecule has 4 bridgehead atoms. The summed E-state index contributed by atoms with van der Waals surface area (Å²) >= 11 is 0. The number of hydrogen-bond acceptors (Lipinski definition) is 2. The highest BCUT2D eigenvalue weighted by Gasteiger charge is 2.68. The summed E-state index contributed by atoms with van der Waals surface area (Å²) in [5, 5.41) is 12.2. The molecule has 5 atom stereocenters. The van der Waals surface area contributed by atoms with Crippen LogP contribution in [-0.4, -0.2) is 36.5 Å². The van der Waals surface area contributed by atoms with Crippen molar-refractivity contribution in [2.45, 2.75) is 18.4 Å². The molecule has 1 spiro atoms. The largest absolute Gasteiger partial charge is 0.633 e. The molecule has 4 heterocycles. The van der Waals surface area contributed by atoms with E-state index in [4.69, 9.17) is 4.74 Å². The summed E-state index contributed by atoms with van der Waals surface area (Å²) in [5.41, 5.74) is 0.211. The van der Waals surface area contributed by atoms with E-state index in [2.05, 4.69) is 0 Å². The minimum Gasteiger partial charge on any atom is -0.633 e. The number of rotatable bonds is 0. The SMILES string of the molecule is [O-][N+]12CC3C[C@H](C1)C1(CO1)[C@@H](C3)C2. The number of epoxide rings is 1. The van der Waals surface area contributed by atoms with Crippen LogP contribution in [0.25, 0.3) is 0 Å². The summed E-state index contributed by atoms with van der Waals surface area (Å²) in [6, 6.07) is 0. The van der Waals surface area contributed by atoms with Crippen LogP contribution >= 0.6 is 0 Å². The van der Waals surface area contributed by atoms with Gasteiger partial charge in [0.1, 0.15) is 5.60 Å². The van der Waals surface area contributed by atoms with Crippen LogP contribution in [0, 0.1) is 23.0 Å². The van der Waals surface area contributed by atoms with Crippen molar-refractivity contribution in [2.24, 2.45) is 17.8 Å². The molecule has 1 aliphatic carbocycles. The molecule has 0 aromatic heterocycles. The summed E-state index contributed by atoms with van der Waals surface area (Å²) in [4.78, 5) is 0. The zero-order valence-electron chi connectivity index (χ0n) is 7.74. The highest BCUT2D eigenvalue weighted by molar-refractivity contribution is 5.11. The maximum Gasteiger partial charge on any atom is 0.108 e. The molecule has 4 aliphatic heterocycles. The second-order valence-electron chi connectivity index (χ2n) is 5.58. The first-order valence-electron chi connectivity index (χ1n) is 5.41. The van der Waals surface area contributed by atoms with Gasteiger partial charge < -0.3 is 14.6 Å². The van der Waals surface area contributed by atoms with Crippen molar-refractivity contribution in [3.8, 4) is 0 Å². The third-order valence-electron chi connectivity index (χ3n) is 4.79. The van der Waals surface area contributed by atoms with Gasteiger partial charge in [0, 0.05) is 17.8 Å². The molecule has 13 heavy (non-hydrogen) atoms. The van der Waals surface area contributed by atoms with Gasteiger partial charge in [-0.25, -0.2) is 0 Å². The van der Waals surface area contributed by atoms with Gasteiger partial charge in [0.25, 0.3) is 0 Å². The lowest BCUT2D eigenvalue weighted by molar-refractivity contribution is -0.911. The topological polar surface area (TPSA) is 35.6 Å². The summed E-state index contributed by atoms with van der Waals surface area (Å²) < 4.78 is 5.79. The van der Waals surface area contributed by atoms with Crippen molar-refractivity contribution in [1.29, 1.82) is 0 Å². The van der Waals surface area contributed by atoms with Gasteiger partial charge in [-0.3, -0.25) is 0 Å². The van der Waals surface area contributed by atoms with Gasteiger partial charge in [-0.05, 0) is 12.8 Å². The maximum atomic E-state index is 12.2.